The third kappa shape index (κ3) is 2.64. The van der Waals surface area contributed by atoms with Crippen molar-refractivity contribution < 1.29 is 0 Å². The predicted octanol–water partition coefficient (Wildman–Crippen LogP) is 3.29. The molecule has 0 amide bonds. The van der Waals surface area contributed by atoms with Crippen LogP contribution in [0.4, 0.5) is 5.82 Å². The number of rotatable bonds is 4. The van der Waals surface area contributed by atoms with E-state index in [1.54, 1.807) is 0 Å². The van der Waals surface area contributed by atoms with Crippen LogP contribution in [0.5, 0.6) is 0 Å². The van der Waals surface area contributed by atoms with Crippen LogP contribution in [0.2, 0.25) is 0 Å². The van der Waals surface area contributed by atoms with Gasteiger partial charge in [0.2, 0.25) is 0 Å². The van der Waals surface area contributed by atoms with E-state index in [4.69, 9.17) is 0 Å². The lowest BCUT2D eigenvalue weighted by Crippen LogP contribution is -2.18. The zero-order valence-corrected chi connectivity index (χ0v) is 10.8. The molecule has 1 heterocycles. The maximum atomic E-state index is 4.59. The summed E-state index contributed by atoms with van der Waals surface area (Å²) in [6.07, 6.45) is 9.75. The smallest absolute Gasteiger partial charge is 0.124 e. The van der Waals surface area contributed by atoms with Crippen molar-refractivity contribution in [2.75, 3.05) is 11.9 Å². The molecule has 3 nitrogen and oxygen atoms in total. The number of aromatic nitrogens is 2. The fourth-order valence-corrected chi connectivity index (χ4v) is 2.87. The lowest BCUT2D eigenvalue weighted by atomic mass is 9.89. The summed E-state index contributed by atoms with van der Waals surface area (Å²) in [6, 6.07) is 2.25. The summed E-state index contributed by atoms with van der Waals surface area (Å²) in [5.74, 6) is 2.84. The number of nitrogens with zero attached hydrogens (tertiary/aromatic N) is 2. The average Bonchev–Trinajstić information content (AvgIpc) is 3.13. The van der Waals surface area contributed by atoms with Gasteiger partial charge in [-0.3, -0.25) is 4.68 Å². The van der Waals surface area contributed by atoms with Crippen molar-refractivity contribution in [3.8, 4) is 0 Å². The maximum Gasteiger partial charge on any atom is 0.124 e. The first-order valence-electron chi connectivity index (χ1n) is 7.11. The van der Waals surface area contributed by atoms with Gasteiger partial charge in [-0.15, -0.1) is 0 Å². The first kappa shape index (κ1) is 11.1. The van der Waals surface area contributed by atoms with E-state index in [-0.39, 0.29) is 0 Å². The molecule has 1 aromatic heterocycles. The van der Waals surface area contributed by atoms with Crippen molar-refractivity contribution in [3.05, 3.63) is 11.8 Å². The van der Waals surface area contributed by atoms with E-state index in [0.717, 1.165) is 18.4 Å². The molecule has 17 heavy (non-hydrogen) atoms. The summed E-state index contributed by atoms with van der Waals surface area (Å²) < 4.78 is 2.01. The van der Waals surface area contributed by atoms with Crippen LogP contribution < -0.4 is 5.32 Å². The largest absolute Gasteiger partial charge is 0.370 e. The number of hydrogen-bond acceptors (Lipinski definition) is 2. The highest BCUT2D eigenvalue weighted by molar-refractivity contribution is 5.39. The Hall–Kier alpha value is -0.990. The fraction of sp³-hybridized carbons (Fsp3) is 0.786. The van der Waals surface area contributed by atoms with Crippen LogP contribution in [0, 0.1) is 5.92 Å². The van der Waals surface area contributed by atoms with E-state index in [9.17, 15) is 0 Å². The molecule has 3 heteroatoms. The fourth-order valence-electron chi connectivity index (χ4n) is 2.87. The molecule has 2 fully saturated rings. The molecule has 0 atom stereocenters. The highest BCUT2D eigenvalue weighted by Gasteiger charge is 2.26. The van der Waals surface area contributed by atoms with Crippen molar-refractivity contribution >= 4 is 5.82 Å². The minimum atomic E-state index is 0.756. The molecule has 1 N–H and O–H groups in total. The number of aryl methyl sites for hydroxylation is 1. The molecule has 94 valence electrons. The maximum absolute atomic E-state index is 4.59. The molecule has 0 radical (unpaired) electrons. The van der Waals surface area contributed by atoms with Crippen LogP contribution in [-0.2, 0) is 7.05 Å². The Morgan fingerprint density at radius 3 is 2.71 bits per heavy atom. The molecular formula is C14H23N3. The van der Waals surface area contributed by atoms with E-state index >= 15 is 0 Å². The zero-order chi connectivity index (χ0) is 11.7. The van der Waals surface area contributed by atoms with Crippen LogP contribution in [0.3, 0.4) is 0 Å². The zero-order valence-electron chi connectivity index (χ0n) is 10.8. The molecule has 1 aromatic rings. The van der Waals surface area contributed by atoms with Gasteiger partial charge in [0.1, 0.15) is 5.82 Å². The quantitative estimate of drug-likeness (QED) is 0.865. The number of nitrogens with one attached hydrogen (secondary N) is 1. The number of anilines is 1. The first-order chi connectivity index (χ1) is 8.33. The van der Waals surface area contributed by atoms with Crippen molar-refractivity contribution in [1.82, 2.24) is 9.78 Å². The van der Waals surface area contributed by atoms with Crippen LogP contribution in [0.25, 0.3) is 0 Å². The van der Waals surface area contributed by atoms with E-state index < -0.39 is 0 Å². The lowest BCUT2D eigenvalue weighted by molar-refractivity contribution is 0.373. The molecule has 2 aliphatic carbocycles. The minimum Gasteiger partial charge on any atom is -0.370 e. The van der Waals surface area contributed by atoms with Gasteiger partial charge in [-0.1, -0.05) is 19.3 Å². The second kappa shape index (κ2) is 4.71. The Labute approximate surface area is 104 Å². The summed E-state index contributed by atoms with van der Waals surface area (Å²) in [5.41, 5.74) is 1.29. The summed E-state index contributed by atoms with van der Waals surface area (Å²) in [4.78, 5) is 0. The molecule has 0 aromatic carbocycles. The SMILES string of the molecule is Cn1nc(C2CC2)cc1NCC1CCCCC1. The van der Waals surface area contributed by atoms with Gasteiger partial charge in [0.25, 0.3) is 0 Å². The highest BCUT2D eigenvalue weighted by atomic mass is 15.3. The van der Waals surface area contributed by atoms with Crippen LogP contribution in [0.1, 0.15) is 56.6 Å². The Balaban J connectivity index is 1.56. The third-order valence-electron chi connectivity index (χ3n) is 4.19. The molecule has 0 saturated heterocycles. The summed E-state index contributed by atoms with van der Waals surface area (Å²) in [7, 11) is 2.05. The van der Waals surface area contributed by atoms with Gasteiger partial charge < -0.3 is 5.32 Å². The second-order valence-electron chi connectivity index (χ2n) is 5.74. The summed E-state index contributed by atoms with van der Waals surface area (Å²) >= 11 is 0. The van der Waals surface area contributed by atoms with Crippen LogP contribution >= 0.6 is 0 Å². The van der Waals surface area contributed by atoms with Crippen LogP contribution in [0.15, 0.2) is 6.07 Å². The average molecular weight is 233 g/mol. The van der Waals surface area contributed by atoms with Gasteiger partial charge in [-0.2, -0.15) is 5.10 Å². The highest BCUT2D eigenvalue weighted by Crippen LogP contribution is 2.40. The van der Waals surface area contributed by atoms with Gasteiger partial charge in [-0.25, -0.2) is 0 Å². The van der Waals surface area contributed by atoms with E-state index in [0.29, 0.717) is 0 Å². The van der Waals surface area contributed by atoms with Crippen molar-refractivity contribution in [2.24, 2.45) is 13.0 Å². The summed E-state index contributed by atoms with van der Waals surface area (Å²) in [6.45, 7) is 1.13. The van der Waals surface area contributed by atoms with Crippen molar-refractivity contribution in [2.45, 2.75) is 50.9 Å². The van der Waals surface area contributed by atoms with Gasteiger partial charge >= 0.3 is 0 Å². The van der Waals surface area contributed by atoms with E-state index in [1.165, 1.54) is 56.5 Å². The lowest BCUT2D eigenvalue weighted by Gasteiger charge is -2.22. The summed E-state index contributed by atoms with van der Waals surface area (Å²) in [5, 5.41) is 8.18. The minimum absolute atomic E-state index is 0.756. The van der Waals surface area contributed by atoms with E-state index in [2.05, 4.69) is 23.5 Å². The Morgan fingerprint density at radius 1 is 1.24 bits per heavy atom. The number of hydrogen-bond donors (Lipinski definition) is 1. The third-order valence-corrected chi connectivity index (χ3v) is 4.19. The second-order valence-corrected chi connectivity index (χ2v) is 5.74. The van der Waals surface area contributed by atoms with Gasteiger partial charge in [-0.05, 0) is 31.6 Å². The molecular weight excluding hydrogens is 210 g/mol. The molecule has 3 rings (SSSR count). The standard InChI is InChI=1S/C14H23N3/c1-17-14(9-13(16-17)12-7-8-12)15-10-11-5-3-2-4-6-11/h9,11-12,15H,2-8,10H2,1H3. The first-order valence-corrected chi connectivity index (χ1v) is 7.11. The monoisotopic (exact) mass is 233 g/mol. The Morgan fingerprint density at radius 2 is 2.00 bits per heavy atom. The van der Waals surface area contributed by atoms with Gasteiger partial charge in [0, 0.05) is 25.6 Å². The Kier molecular flexibility index (Phi) is 3.08. The van der Waals surface area contributed by atoms with Crippen molar-refractivity contribution in [1.29, 1.82) is 0 Å². The molecule has 2 aliphatic rings. The topological polar surface area (TPSA) is 29.9 Å². The Bertz CT molecular complexity index is 373. The molecule has 0 unspecified atom stereocenters. The van der Waals surface area contributed by atoms with Gasteiger partial charge in [0.05, 0.1) is 5.69 Å². The normalized spacial score (nSPS) is 21.7. The predicted molar refractivity (Wildman–Crippen MR) is 70.2 cm³/mol. The van der Waals surface area contributed by atoms with Gasteiger partial charge in [0.15, 0.2) is 0 Å². The van der Waals surface area contributed by atoms with Crippen molar-refractivity contribution in [3.63, 3.8) is 0 Å². The molecule has 0 spiro atoms. The van der Waals surface area contributed by atoms with E-state index in [1.807, 2.05) is 4.68 Å². The molecule has 2 saturated carbocycles. The molecule has 0 bridgehead atoms. The van der Waals surface area contributed by atoms with Crippen LogP contribution in [-0.4, -0.2) is 16.3 Å². The molecule has 0 aliphatic heterocycles.